The topological polar surface area (TPSA) is 13.1 Å². The second-order valence-corrected chi connectivity index (χ2v) is 14.0. The molecule has 0 bridgehead atoms. The van der Waals surface area contributed by atoms with E-state index >= 15 is 0 Å². The molecule has 0 spiro atoms. The second-order valence-electron chi connectivity index (χ2n) is 7.92. The molecule has 0 N–H and O–H groups in total. The molecule has 0 radical (unpaired) electrons. The molecule has 0 unspecified atom stereocenters. The van der Waals surface area contributed by atoms with Crippen molar-refractivity contribution in [1.82, 2.24) is 0 Å². The highest BCUT2D eigenvalue weighted by Gasteiger charge is 2.29. The van der Waals surface area contributed by atoms with Gasteiger partial charge in [-0.25, -0.2) is 0 Å². The Bertz CT molecular complexity index is 1230. The minimum atomic E-state index is -1.97. The summed E-state index contributed by atoms with van der Waals surface area (Å²) in [6.45, 7) is -1.97. The van der Waals surface area contributed by atoms with Crippen LogP contribution in [-0.4, -0.2) is 11.7 Å². The van der Waals surface area contributed by atoms with Gasteiger partial charge in [0.05, 0.1) is 6.26 Å². The average molecular weight is 464 g/mol. The zero-order chi connectivity index (χ0) is 22.3. The van der Waals surface area contributed by atoms with Crippen LogP contribution in [0.25, 0.3) is 0 Å². The van der Waals surface area contributed by atoms with Crippen molar-refractivity contribution in [2.75, 3.05) is 5.90 Å². The highest BCUT2D eigenvalue weighted by Crippen LogP contribution is 2.55. The third-order valence-corrected chi connectivity index (χ3v) is 13.7. The minimum Gasteiger partial charge on any atom is -0.465 e. The van der Waals surface area contributed by atoms with Crippen LogP contribution in [-0.2, 0) is 0 Å². The molecule has 0 saturated carbocycles. The number of benzene rings is 4. The van der Waals surface area contributed by atoms with Crippen LogP contribution in [0.2, 0.25) is 0 Å². The molecule has 0 aliphatic heterocycles. The van der Waals surface area contributed by atoms with E-state index in [0.717, 1.165) is 11.7 Å². The Morgan fingerprint density at radius 2 is 1.00 bits per heavy atom. The van der Waals surface area contributed by atoms with Gasteiger partial charge in [0.2, 0.25) is 0 Å². The zero-order valence-corrected chi connectivity index (χ0v) is 20.2. The Kier molecular flexibility index (Phi) is 6.73. The first-order valence-corrected chi connectivity index (χ1v) is 14.7. The highest BCUT2D eigenvalue weighted by molar-refractivity contribution is 7.97. The van der Waals surface area contributed by atoms with Gasteiger partial charge in [-0.2, -0.15) is 0 Å². The van der Waals surface area contributed by atoms with Crippen molar-refractivity contribution < 1.29 is 4.42 Å². The Labute approximate surface area is 197 Å². The van der Waals surface area contributed by atoms with E-state index in [9.17, 15) is 0 Å². The predicted molar refractivity (Wildman–Crippen MR) is 147 cm³/mol. The maximum absolute atomic E-state index is 5.90. The summed E-state index contributed by atoms with van der Waals surface area (Å²) in [6.07, 6.45) is 1.77. The van der Waals surface area contributed by atoms with Crippen molar-refractivity contribution in [3.8, 4) is 0 Å². The van der Waals surface area contributed by atoms with Crippen LogP contribution < -0.4 is 21.2 Å². The molecule has 1 nitrogen and oxygen atoms in total. The van der Waals surface area contributed by atoms with Crippen LogP contribution in [0.15, 0.2) is 144 Å². The summed E-state index contributed by atoms with van der Waals surface area (Å²) in [5.41, 5.74) is 0. The summed E-state index contributed by atoms with van der Waals surface area (Å²) >= 11 is 0. The maximum atomic E-state index is 5.90. The first-order chi connectivity index (χ1) is 16.4. The fourth-order valence-electron chi connectivity index (χ4n) is 4.22. The van der Waals surface area contributed by atoms with Crippen molar-refractivity contribution >= 4 is 41.8 Å². The summed E-state index contributed by atoms with van der Waals surface area (Å²) in [5, 5.41) is 5.57. The Balaban J connectivity index is 1.78. The standard InChI is InChI=1S/C30H26OP2/c1-5-15-27(16-6-1)32(28-17-7-2-8-18-28)25-33(24-26-14-13-23-31-26,29-19-9-3-10-20-29)30-21-11-4-12-22-30/h1-24H,25H2. The lowest BCUT2D eigenvalue weighted by Gasteiger charge is -2.32. The van der Waals surface area contributed by atoms with Crippen LogP contribution in [0.3, 0.4) is 0 Å². The zero-order valence-electron chi connectivity index (χ0n) is 18.4. The number of furan rings is 1. The third kappa shape index (κ3) is 4.81. The molecule has 0 atom stereocenters. The van der Waals surface area contributed by atoms with Crippen LogP contribution in [0.4, 0.5) is 0 Å². The van der Waals surface area contributed by atoms with Gasteiger partial charge in [0.15, 0.2) is 0 Å². The molecule has 0 fully saturated rings. The minimum absolute atomic E-state index is 0.591. The Hall–Kier alpha value is -3.11. The SMILES string of the molecule is C(c1ccco1)=P(CP(c1ccccc1)c1ccccc1)(c1ccccc1)c1ccccc1. The van der Waals surface area contributed by atoms with Crippen LogP contribution in [0.5, 0.6) is 0 Å². The van der Waals surface area contributed by atoms with Crippen molar-refractivity contribution in [3.63, 3.8) is 0 Å². The van der Waals surface area contributed by atoms with Gasteiger partial charge in [-0.05, 0) is 54.0 Å². The van der Waals surface area contributed by atoms with E-state index in [2.05, 4.69) is 133 Å². The molecule has 0 amide bonds. The normalized spacial score (nSPS) is 11.4. The molecule has 3 heteroatoms. The van der Waals surface area contributed by atoms with E-state index < -0.39 is 14.8 Å². The molecule has 0 saturated heterocycles. The smallest absolute Gasteiger partial charge is 0.127 e. The van der Waals surface area contributed by atoms with E-state index in [-0.39, 0.29) is 0 Å². The molecule has 1 heterocycles. The van der Waals surface area contributed by atoms with Gasteiger partial charge in [-0.3, -0.25) is 0 Å². The molecule has 4 aromatic carbocycles. The molecule has 0 aliphatic carbocycles. The van der Waals surface area contributed by atoms with Gasteiger partial charge in [-0.15, -0.1) is 0 Å². The maximum Gasteiger partial charge on any atom is 0.127 e. The van der Waals surface area contributed by atoms with Gasteiger partial charge in [0.25, 0.3) is 0 Å². The summed E-state index contributed by atoms with van der Waals surface area (Å²) < 4.78 is 5.90. The summed E-state index contributed by atoms with van der Waals surface area (Å²) in [4.78, 5) is 0. The van der Waals surface area contributed by atoms with E-state index in [0.29, 0.717) is 0 Å². The van der Waals surface area contributed by atoms with Crippen molar-refractivity contribution in [1.29, 1.82) is 0 Å². The molecule has 162 valence electrons. The predicted octanol–water partition coefficient (Wildman–Crippen LogP) is 6.19. The number of hydrogen-bond acceptors (Lipinski definition) is 1. The lowest BCUT2D eigenvalue weighted by atomic mass is 10.4. The molecular weight excluding hydrogens is 438 g/mol. The van der Waals surface area contributed by atoms with Gasteiger partial charge < -0.3 is 4.42 Å². The third-order valence-electron chi connectivity index (χ3n) is 5.82. The molecule has 1 aromatic heterocycles. The summed E-state index contributed by atoms with van der Waals surface area (Å²) in [5.74, 6) is 4.41. The largest absolute Gasteiger partial charge is 0.465 e. The van der Waals surface area contributed by atoms with Gasteiger partial charge in [0, 0.05) is 5.90 Å². The van der Waals surface area contributed by atoms with Crippen molar-refractivity contribution in [3.05, 3.63) is 145 Å². The van der Waals surface area contributed by atoms with E-state index in [4.69, 9.17) is 4.42 Å². The Morgan fingerprint density at radius 3 is 1.42 bits per heavy atom. The quantitative estimate of drug-likeness (QED) is 0.262. The molecule has 33 heavy (non-hydrogen) atoms. The first-order valence-electron chi connectivity index (χ1n) is 11.1. The summed E-state index contributed by atoms with van der Waals surface area (Å²) in [6, 6.07) is 48.1. The molecule has 5 aromatic rings. The average Bonchev–Trinajstić information content (AvgIpc) is 3.42. The molecular formula is C30H26OP2. The van der Waals surface area contributed by atoms with E-state index in [1.54, 1.807) is 6.26 Å². The van der Waals surface area contributed by atoms with Gasteiger partial charge in [-0.1, -0.05) is 121 Å². The van der Waals surface area contributed by atoms with E-state index in [1.807, 2.05) is 6.07 Å². The van der Waals surface area contributed by atoms with Crippen LogP contribution in [0.1, 0.15) is 5.76 Å². The fraction of sp³-hybridized carbons (Fsp3) is 0.0333. The number of hydrogen-bond donors (Lipinski definition) is 0. The lowest BCUT2D eigenvalue weighted by Crippen LogP contribution is -2.24. The second kappa shape index (κ2) is 10.2. The lowest BCUT2D eigenvalue weighted by molar-refractivity contribution is 0.561. The highest BCUT2D eigenvalue weighted by atomic mass is 31.2. The molecule has 0 aliphatic rings. The van der Waals surface area contributed by atoms with E-state index in [1.165, 1.54) is 21.2 Å². The van der Waals surface area contributed by atoms with Crippen LogP contribution >= 0.6 is 14.8 Å². The van der Waals surface area contributed by atoms with Crippen molar-refractivity contribution in [2.24, 2.45) is 0 Å². The fourth-order valence-corrected chi connectivity index (χ4v) is 12.9. The Morgan fingerprint density at radius 1 is 0.545 bits per heavy atom. The summed E-state index contributed by atoms with van der Waals surface area (Å²) in [7, 11) is -0.591. The van der Waals surface area contributed by atoms with Gasteiger partial charge in [0.1, 0.15) is 5.76 Å². The van der Waals surface area contributed by atoms with Gasteiger partial charge >= 0.3 is 0 Å². The monoisotopic (exact) mass is 464 g/mol. The van der Waals surface area contributed by atoms with Crippen LogP contribution in [0, 0.1) is 0 Å². The van der Waals surface area contributed by atoms with Crippen molar-refractivity contribution in [2.45, 2.75) is 0 Å². The number of rotatable bonds is 7. The first kappa shape index (κ1) is 21.7. The molecule has 5 rings (SSSR count).